The summed E-state index contributed by atoms with van der Waals surface area (Å²) in [5, 5.41) is 2.36. The van der Waals surface area contributed by atoms with Crippen LogP contribution in [0.4, 0.5) is 0 Å². The fraction of sp³-hybridized carbons (Fsp3) is 0.688. The highest BCUT2D eigenvalue weighted by Crippen LogP contribution is 2.41. The first-order valence-electron chi connectivity index (χ1n) is 8.01. The zero-order valence-electron chi connectivity index (χ0n) is 13.1. The molecule has 0 spiro atoms. The number of morpholine rings is 1. The molecular weight excluding hydrogens is 316 g/mol. The summed E-state index contributed by atoms with van der Waals surface area (Å²) in [7, 11) is 0. The van der Waals surface area contributed by atoms with E-state index in [1.165, 1.54) is 10.4 Å². The van der Waals surface area contributed by atoms with Gasteiger partial charge in [-0.3, -0.25) is 9.69 Å². The minimum absolute atomic E-state index is 0.228. The highest BCUT2D eigenvalue weighted by Gasteiger charge is 2.31. The van der Waals surface area contributed by atoms with Gasteiger partial charge in [-0.2, -0.15) is 0 Å². The van der Waals surface area contributed by atoms with Crippen molar-refractivity contribution in [2.45, 2.75) is 25.1 Å². The SMILES string of the molecule is Cc1ccsc1C1SCCC(=O)N1CCCN1CCOCC1. The molecule has 1 unspecified atom stereocenters. The lowest BCUT2D eigenvalue weighted by Gasteiger charge is -2.36. The van der Waals surface area contributed by atoms with E-state index in [-0.39, 0.29) is 5.37 Å². The van der Waals surface area contributed by atoms with Crippen molar-refractivity contribution in [1.29, 1.82) is 0 Å². The number of amides is 1. The highest BCUT2D eigenvalue weighted by atomic mass is 32.2. The molecule has 0 saturated carbocycles. The van der Waals surface area contributed by atoms with Gasteiger partial charge in [-0.25, -0.2) is 0 Å². The molecular formula is C16H24N2O2S2. The molecule has 122 valence electrons. The lowest BCUT2D eigenvalue weighted by Crippen LogP contribution is -2.41. The molecule has 1 aromatic rings. The summed E-state index contributed by atoms with van der Waals surface area (Å²) in [5.41, 5.74) is 1.32. The number of ether oxygens (including phenoxy) is 1. The Labute approximate surface area is 140 Å². The number of aryl methyl sites for hydroxylation is 1. The fourth-order valence-corrected chi connectivity index (χ4v) is 5.55. The minimum Gasteiger partial charge on any atom is -0.379 e. The predicted molar refractivity (Wildman–Crippen MR) is 92.5 cm³/mol. The molecule has 2 aliphatic rings. The Morgan fingerprint density at radius 3 is 2.86 bits per heavy atom. The molecule has 4 nitrogen and oxygen atoms in total. The largest absolute Gasteiger partial charge is 0.379 e. The van der Waals surface area contributed by atoms with E-state index in [2.05, 4.69) is 28.2 Å². The maximum Gasteiger partial charge on any atom is 0.224 e. The van der Waals surface area contributed by atoms with Gasteiger partial charge in [0.2, 0.25) is 5.91 Å². The number of rotatable bonds is 5. The lowest BCUT2D eigenvalue weighted by molar-refractivity contribution is -0.132. The molecule has 3 rings (SSSR count). The molecule has 0 aliphatic carbocycles. The number of thioether (sulfide) groups is 1. The van der Waals surface area contributed by atoms with Crippen molar-refractivity contribution in [1.82, 2.24) is 9.80 Å². The maximum absolute atomic E-state index is 12.4. The smallest absolute Gasteiger partial charge is 0.224 e. The third kappa shape index (κ3) is 3.85. The molecule has 6 heteroatoms. The van der Waals surface area contributed by atoms with E-state index in [4.69, 9.17) is 4.74 Å². The third-order valence-corrected chi connectivity index (χ3v) is 6.76. The van der Waals surface area contributed by atoms with Gasteiger partial charge in [-0.15, -0.1) is 23.1 Å². The van der Waals surface area contributed by atoms with Crippen LogP contribution in [0.15, 0.2) is 11.4 Å². The summed E-state index contributed by atoms with van der Waals surface area (Å²) in [6.07, 6.45) is 1.73. The average Bonchev–Trinajstić information content (AvgIpc) is 2.96. The number of hydrogen-bond donors (Lipinski definition) is 0. The third-order valence-electron chi connectivity index (χ3n) is 4.30. The number of thiophene rings is 1. The summed E-state index contributed by atoms with van der Waals surface area (Å²) in [4.78, 5) is 18.3. The molecule has 0 radical (unpaired) electrons. The second-order valence-electron chi connectivity index (χ2n) is 5.84. The average molecular weight is 341 g/mol. The Morgan fingerprint density at radius 1 is 1.32 bits per heavy atom. The van der Waals surface area contributed by atoms with Crippen molar-refractivity contribution in [3.05, 3.63) is 21.9 Å². The van der Waals surface area contributed by atoms with Gasteiger partial charge in [0, 0.05) is 43.2 Å². The molecule has 0 N–H and O–H groups in total. The normalized spacial score (nSPS) is 24.0. The summed E-state index contributed by atoms with van der Waals surface area (Å²) in [6.45, 7) is 7.81. The summed E-state index contributed by atoms with van der Waals surface area (Å²) in [5.74, 6) is 1.26. The van der Waals surface area contributed by atoms with E-state index >= 15 is 0 Å². The maximum atomic E-state index is 12.4. The van der Waals surface area contributed by atoms with Gasteiger partial charge in [-0.1, -0.05) is 0 Å². The van der Waals surface area contributed by atoms with Crippen molar-refractivity contribution in [2.75, 3.05) is 45.1 Å². The van der Waals surface area contributed by atoms with Crippen LogP contribution >= 0.6 is 23.1 Å². The van der Waals surface area contributed by atoms with E-state index in [0.29, 0.717) is 12.3 Å². The van der Waals surface area contributed by atoms with Crippen molar-refractivity contribution < 1.29 is 9.53 Å². The Kier molecular flexibility index (Phi) is 5.79. The number of carbonyl (C=O) groups excluding carboxylic acids is 1. The van der Waals surface area contributed by atoms with Crippen LogP contribution < -0.4 is 0 Å². The van der Waals surface area contributed by atoms with E-state index in [1.54, 1.807) is 11.3 Å². The van der Waals surface area contributed by atoms with Crippen LogP contribution in [0.1, 0.15) is 28.7 Å². The Bertz CT molecular complexity index is 500. The zero-order chi connectivity index (χ0) is 15.4. The van der Waals surface area contributed by atoms with Crippen LogP contribution in [0.25, 0.3) is 0 Å². The van der Waals surface area contributed by atoms with Gasteiger partial charge in [-0.05, 0) is 30.4 Å². The quantitative estimate of drug-likeness (QED) is 0.825. The first-order chi connectivity index (χ1) is 10.8. The van der Waals surface area contributed by atoms with E-state index in [0.717, 1.165) is 51.6 Å². The molecule has 2 saturated heterocycles. The first kappa shape index (κ1) is 16.3. The van der Waals surface area contributed by atoms with E-state index in [1.807, 2.05) is 11.8 Å². The predicted octanol–water partition coefficient (Wildman–Crippen LogP) is 2.74. The van der Waals surface area contributed by atoms with Gasteiger partial charge in [0.25, 0.3) is 0 Å². The van der Waals surface area contributed by atoms with Crippen molar-refractivity contribution in [3.63, 3.8) is 0 Å². The van der Waals surface area contributed by atoms with Crippen LogP contribution in [-0.4, -0.2) is 60.9 Å². The number of carbonyl (C=O) groups is 1. The zero-order valence-corrected chi connectivity index (χ0v) is 14.8. The van der Waals surface area contributed by atoms with Crippen molar-refractivity contribution in [2.24, 2.45) is 0 Å². The minimum atomic E-state index is 0.228. The first-order valence-corrected chi connectivity index (χ1v) is 9.94. The van der Waals surface area contributed by atoms with Crippen LogP contribution in [0, 0.1) is 6.92 Å². The summed E-state index contributed by atoms with van der Waals surface area (Å²) in [6, 6.07) is 2.16. The van der Waals surface area contributed by atoms with Crippen LogP contribution in [0.3, 0.4) is 0 Å². The van der Waals surface area contributed by atoms with Crippen LogP contribution in [0.5, 0.6) is 0 Å². The van der Waals surface area contributed by atoms with Gasteiger partial charge in [0.05, 0.1) is 13.2 Å². The molecule has 1 atom stereocenters. The second-order valence-corrected chi connectivity index (χ2v) is 7.97. The van der Waals surface area contributed by atoms with Crippen molar-refractivity contribution in [3.8, 4) is 0 Å². The number of hydrogen-bond acceptors (Lipinski definition) is 5. The molecule has 1 amide bonds. The molecule has 2 aliphatic heterocycles. The molecule has 22 heavy (non-hydrogen) atoms. The Balaban J connectivity index is 1.58. The molecule has 0 aromatic carbocycles. The molecule has 1 aromatic heterocycles. The summed E-state index contributed by atoms with van der Waals surface area (Å²) < 4.78 is 5.38. The van der Waals surface area contributed by atoms with E-state index < -0.39 is 0 Å². The molecule has 3 heterocycles. The summed E-state index contributed by atoms with van der Waals surface area (Å²) >= 11 is 3.70. The van der Waals surface area contributed by atoms with Gasteiger partial charge in [0.1, 0.15) is 5.37 Å². The Hall–Kier alpha value is -0.560. The van der Waals surface area contributed by atoms with Crippen LogP contribution in [-0.2, 0) is 9.53 Å². The Morgan fingerprint density at radius 2 is 2.14 bits per heavy atom. The van der Waals surface area contributed by atoms with Crippen molar-refractivity contribution >= 4 is 29.0 Å². The second kappa shape index (κ2) is 7.81. The monoisotopic (exact) mass is 340 g/mol. The molecule has 0 bridgehead atoms. The van der Waals surface area contributed by atoms with Crippen LogP contribution in [0.2, 0.25) is 0 Å². The van der Waals surface area contributed by atoms with Gasteiger partial charge in [0.15, 0.2) is 0 Å². The standard InChI is InChI=1S/C16H24N2O2S2/c1-13-3-11-21-15(13)16-18(14(19)4-12-22-16)6-2-5-17-7-9-20-10-8-17/h3,11,16H,2,4-10,12H2,1H3. The van der Waals surface area contributed by atoms with E-state index in [9.17, 15) is 4.79 Å². The fourth-order valence-electron chi connectivity index (χ4n) is 3.01. The number of nitrogens with zero attached hydrogens (tertiary/aromatic N) is 2. The lowest BCUT2D eigenvalue weighted by atomic mass is 10.2. The highest BCUT2D eigenvalue weighted by molar-refractivity contribution is 7.99. The van der Waals surface area contributed by atoms with Gasteiger partial charge >= 0.3 is 0 Å². The molecule has 2 fully saturated rings. The topological polar surface area (TPSA) is 32.8 Å². The van der Waals surface area contributed by atoms with Gasteiger partial charge < -0.3 is 9.64 Å².